The smallest absolute Gasteiger partial charge is 0.294 e. The van der Waals surface area contributed by atoms with E-state index in [1.165, 1.54) is 23.5 Å². The Balaban J connectivity index is 1.67. The monoisotopic (exact) mass is 360 g/mol. The fourth-order valence-electron chi connectivity index (χ4n) is 2.07. The number of carbonyl (C=O) groups excluding carboxylic acids is 3. The summed E-state index contributed by atoms with van der Waals surface area (Å²) >= 11 is 2.27. The highest BCUT2D eigenvalue weighted by Gasteiger charge is 2.36. The minimum Gasteiger partial charge on any atom is -0.508 e. The minimum absolute atomic E-state index is 0.0119. The van der Waals surface area contributed by atoms with Crippen LogP contribution in [0.4, 0.5) is 10.5 Å². The largest absolute Gasteiger partial charge is 0.508 e. The Morgan fingerprint density at radius 1 is 1.25 bits per heavy atom. The number of amides is 3. The van der Waals surface area contributed by atoms with Gasteiger partial charge < -0.3 is 10.4 Å². The normalized spacial score (nSPS) is 16.0. The average Bonchev–Trinajstić information content (AvgIpc) is 3.12. The third-order valence-electron chi connectivity index (χ3n) is 3.12. The molecule has 0 saturated carbocycles. The molecule has 24 heavy (non-hydrogen) atoms. The molecule has 0 atom stereocenters. The summed E-state index contributed by atoms with van der Waals surface area (Å²) in [7, 11) is 0. The van der Waals surface area contributed by atoms with Gasteiger partial charge in [0.25, 0.3) is 11.1 Å². The van der Waals surface area contributed by atoms with Crippen molar-refractivity contribution in [1.82, 2.24) is 4.90 Å². The number of imide groups is 1. The number of phenols is 1. The Morgan fingerprint density at radius 2 is 2.08 bits per heavy atom. The number of rotatable bonds is 4. The van der Waals surface area contributed by atoms with E-state index >= 15 is 0 Å². The van der Waals surface area contributed by atoms with E-state index in [0.717, 1.165) is 21.5 Å². The number of nitrogens with zero attached hydrogens (tertiary/aromatic N) is 1. The summed E-state index contributed by atoms with van der Waals surface area (Å²) in [6.45, 7) is -0.373. The van der Waals surface area contributed by atoms with Crippen molar-refractivity contribution < 1.29 is 19.5 Å². The van der Waals surface area contributed by atoms with Crippen LogP contribution >= 0.6 is 23.1 Å². The summed E-state index contributed by atoms with van der Waals surface area (Å²) < 4.78 is 0. The van der Waals surface area contributed by atoms with E-state index in [4.69, 9.17) is 0 Å². The summed E-state index contributed by atoms with van der Waals surface area (Å²) in [6.07, 6.45) is 1.64. The van der Waals surface area contributed by atoms with Crippen LogP contribution in [0.25, 0.3) is 6.08 Å². The van der Waals surface area contributed by atoms with E-state index in [2.05, 4.69) is 5.32 Å². The van der Waals surface area contributed by atoms with Gasteiger partial charge in [0.15, 0.2) is 0 Å². The second-order valence-electron chi connectivity index (χ2n) is 4.88. The lowest BCUT2D eigenvalue weighted by molar-refractivity contribution is -0.127. The molecule has 0 spiro atoms. The van der Waals surface area contributed by atoms with Crippen LogP contribution in [0.3, 0.4) is 0 Å². The third-order valence-corrected chi connectivity index (χ3v) is 4.85. The molecule has 2 aromatic rings. The van der Waals surface area contributed by atoms with Gasteiger partial charge in [0, 0.05) is 16.6 Å². The molecule has 1 aromatic carbocycles. The zero-order valence-electron chi connectivity index (χ0n) is 12.3. The number of anilines is 1. The Bertz CT molecular complexity index is 830. The van der Waals surface area contributed by atoms with Crippen molar-refractivity contribution in [3.63, 3.8) is 0 Å². The average molecular weight is 360 g/mol. The molecule has 3 amide bonds. The molecule has 6 nitrogen and oxygen atoms in total. The van der Waals surface area contributed by atoms with Gasteiger partial charge in [-0.15, -0.1) is 11.3 Å². The maximum absolute atomic E-state index is 12.3. The van der Waals surface area contributed by atoms with E-state index < -0.39 is 17.1 Å². The molecule has 8 heteroatoms. The Morgan fingerprint density at radius 3 is 2.79 bits per heavy atom. The first-order valence-electron chi connectivity index (χ1n) is 6.91. The first-order chi connectivity index (χ1) is 11.5. The maximum atomic E-state index is 12.3. The standard InChI is InChI=1S/C16H12N2O4S2/c19-11-4-1-3-10(7-11)17-14(20)9-18-15(21)13(24-16(18)22)8-12-5-2-6-23-12/h1-8,19H,9H2,(H,17,20)/b13-8-. The first-order valence-corrected chi connectivity index (χ1v) is 8.60. The number of nitrogens with one attached hydrogen (secondary N) is 1. The highest BCUT2D eigenvalue weighted by molar-refractivity contribution is 8.18. The second kappa shape index (κ2) is 6.90. The van der Waals surface area contributed by atoms with Crippen LogP contribution in [0.15, 0.2) is 46.7 Å². The van der Waals surface area contributed by atoms with Crippen molar-refractivity contribution in [2.75, 3.05) is 11.9 Å². The van der Waals surface area contributed by atoms with Crippen LogP contribution in [0.1, 0.15) is 4.88 Å². The molecule has 0 aliphatic carbocycles. The number of benzene rings is 1. The summed E-state index contributed by atoms with van der Waals surface area (Å²) in [4.78, 5) is 38.4. The summed E-state index contributed by atoms with van der Waals surface area (Å²) in [5.41, 5.74) is 0.390. The molecule has 122 valence electrons. The maximum Gasteiger partial charge on any atom is 0.294 e. The number of aromatic hydroxyl groups is 1. The topological polar surface area (TPSA) is 86.7 Å². The predicted molar refractivity (Wildman–Crippen MR) is 93.7 cm³/mol. The molecule has 3 rings (SSSR count). The molecule has 1 aromatic heterocycles. The van der Waals surface area contributed by atoms with Crippen LogP contribution in [-0.2, 0) is 9.59 Å². The Labute approximate surface area is 145 Å². The fraction of sp³-hybridized carbons (Fsp3) is 0.0625. The van der Waals surface area contributed by atoms with Crippen LogP contribution in [0, 0.1) is 0 Å². The zero-order valence-corrected chi connectivity index (χ0v) is 13.9. The van der Waals surface area contributed by atoms with E-state index in [9.17, 15) is 19.5 Å². The summed E-state index contributed by atoms with van der Waals surface area (Å²) in [5.74, 6) is -0.984. The lowest BCUT2D eigenvalue weighted by atomic mass is 10.3. The minimum atomic E-state index is -0.514. The third kappa shape index (κ3) is 3.66. The molecule has 1 aliphatic heterocycles. The molecule has 0 radical (unpaired) electrons. The molecule has 2 N–H and O–H groups in total. The van der Waals surface area contributed by atoms with Crippen molar-refractivity contribution in [2.45, 2.75) is 0 Å². The molecular formula is C16H12N2O4S2. The Hall–Kier alpha value is -2.58. The number of hydrogen-bond donors (Lipinski definition) is 2. The van der Waals surface area contributed by atoms with Crippen molar-refractivity contribution in [3.8, 4) is 5.75 Å². The molecule has 0 unspecified atom stereocenters. The molecule has 2 heterocycles. The molecule has 1 saturated heterocycles. The van der Waals surface area contributed by atoms with Gasteiger partial charge in [-0.05, 0) is 41.4 Å². The van der Waals surface area contributed by atoms with Gasteiger partial charge in [0.05, 0.1) is 4.91 Å². The van der Waals surface area contributed by atoms with E-state index in [0.29, 0.717) is 10.6 Å². The van der Waals surface area contributed by atoms with E-state index in [1.54, 1.807) is 18.2 Å². The quantitative estimate of drug-likeness (QED) is 0.818. The number of thiophene rings is 1. The van der Waals surface area contributed by atoms with Gasteiger partial charge in [0.2, 0.25) is 5.91 Å². The van der Waals surface area contributed by atoms with Crippen LogP contribution in [0.2, 0.25) is 0 Å². The molecule has 1 fully saturated rings. The molecule has 1 aliphatic rings. The van der Waals surface area contributed by atoms with Crippen molar-refractivity contribution in [1.29, 1.82) is 0 Å². The van der Waals surface area contributed by atoms with Crippen LogP contribution < -0.4 is 5.32 Å². The summed E-state index contributed by atoms with van der Waals surface area (Å²) in [5, 5.41) is 13.3. The van der Waals surface area contributed by atoms with E-state index in [-0.39, 0.29) is 12.3 Å². The van der Waals surface area contributed by atoms with Gasteiger partial charge in [-0.25, -0.2) is 0 Å². The van der Waals surface area contributed by atoms with Gasteiger partial charge in [-0.1, -0.05) is 12.1 Å². The van der Waals surface area contributed by atoms with Gasteiger partial charge in [0.1, 0.15) is 12.3 Å². The van der Waals surface area contributed by atoms with Crippen LogP contribution in [-0.4, -0.2) is 33.6 Å². The number of hydrogen-bond acceptors (Lipinski definition) is 6. The van der Waals surface area contributed by atoms with Gasteiger partial charge in [-0.2, -0.15) is 0 Å². The highest BCUT2D eigenvalue weighted by atomic mass is 32.2. The lowest BCUT2D eigenvalue weighted by Crippen LogP contribution is -2.36. The SMILES string of the molecule is O=C(CN1C(=O)S/C(=C\c2cccs2)C1=O)Nc1cccc(O)c1. The number of thioether (sulfide) groups is 1. The van der Waals surface area contributed by atoms with E-state index in [1.807, 2.05) is 17.5 Å². The van der Waals surface area contributed by atoms with Crippen molar-refractivity contribution in [2.24, 2.45) is 0 Å². The molecular weight excluding hydrogens is 348 g/mol. The number of phenolic OH excluding ortho intramolecular Hbond substituents is 1. The van der Waals surface area contributed by atoms with Gasteiger partial charge >= 0.3 is 0 Å². The van der Waals surface area contributed by atoms with Crippen molar-refractivity contribution >= 4 is 51.9 Å². The zero-order chi connectivity index (χ0) is 17.1. The predicted octanol–water partition coefficient (Wildman–Crippen LogP) is 3.13. The van der Waals surface area contributed by atoms with Crippen molar-refractivity contribution in [3.05, 3.63) is 51.6 Å². The Kier molecular flexibility index (Phi) is 4.68. The highest BCUT2D eigenvalue weighted by Crippen LogP contribution is 2.32. The van der Waals surface area contributed by atoms with Gasteiger partial charge in [-0.3, -0.25) is 19.3 Å². The lowest BCUT2D eigenvalue weighted by Gasteiger charge is -2.12. The van der Waals surface area contributed by atoms with Crippen LogP contribution in [0.5, 0.6) is 5.75 Å². The number of carbonyl (C=O) groups is 3. The molecule has 0 bridgehead atoms. The first kappa shape index (κ1) is 16.3. The summed E-state index contributed by atoms with van der Waals surface area (Å²) in [6, 6.07) is 9.72. The fourth-order valence-corrected chi connectivity index (χ4v) is 3.63. The second-order valence-corrected chi connectivity index (χ2v) is 6.85.